The molecule has 0 bridgehead atoms. The summed E-state index contributed by atoms with van der Waals surface area (Å²) in [5.74, 6) is 1.58. The third kappa shape index (κ3) is 4.16. The van der Waals surface area contributed by atoms with Crippen molar-refractivity contribution in [2.24, 2.45) is 5.92 Å². The highest BCUT2D eigenvalue weighted by Crippen LogP contribution is 2.46. The van der Waals surface area contributed by atoms with Crippen LogP contribution < -0.4 is 4.90 Å². The number of hydrogen-bond acceptors (Lipinski definition) is 7. The largest absolute Gasteiger partial charge is 0.396 e. The van der Waals surface area contributed by atoms with Crippen LogP contribution in [0.3, 0.4) is 0 Å². The fraction of sp³-hybridized carbons (Fsp3) is 0.500. The Balaban J connectivity index is 1.54. The smallest absolute Gasteiger partial charge is 0.225 e. The summed E-state index contributed by atoms with van der Waals surface area (Å²) < 4.78 is 0. The Kier molecular flexibility index (Phi) is 6.05. The third-order valence-electron chi connectivity index (χ3n) is 7.23. The minimum atomic E-state index is -0.127. The topological polar surface area (TPSA) is 106 Å². The molecule has 0 spiro atoms. The van der Waals surface area contributed by atoms with Crippen LogP contribution in [0.1, 0.15) is 60.4 Å². The number of hydrogen-bond donors (Lipinski definition) is 1. The summed E-state index contributed by atoms with van der Waals surface area (Å²) in [6.07, 6.45) is 7.96. The third-order valence-corrected chi connectivity index (χ3v) is 7.23. The number of aromatic nitrogens is 3. The molecule has 2 saturated carbocycles. The van der Waals surface area contributed by atoms with Gasteiger partial charge in [-0.15, -0.1) is 0 Å². The molecular weight excluding hydrogens is 428 g/mol. The molecule has 1 saturated heterocycles. The Hall–Kier alpha value is -3.31. The lowest BCUT2D eigenvalue weighted by molar-refractivity contribution is -0.135. The maximum absolute atomic E-state index is 12.6. The van der Waals surface area contributed by atoms with Gasteiger partial charge in [-0.1, -0.05) is 12.7 Å². The monoisotopic (exact) mass is 458 g/mol. The lowest BCUT2D eigenvalue weighted by Crippen LogP contribution is -2.56. The summed E-state index contributed by atoms with van der Waals surface area (Å²) in [5.41, 5.74) is 4.95. The molecule has 8 heteroatoms. The van der Waals surface area contributed by atoms with Crippen LogP contribution in [0.4, 0.5) is 5.82 Å². The second-order valence-corrected chi connectivity index (χ2v) is 9.57. The molecule has 1 aliphatic heterocycles. The van der Waals surface area contributed by atoms with Crippen LogP contribution in [-0.4, -0.2) is 63.4 Å². The highest BCUT2D eigenvalue weighted by Gasteiger charge is 2.42. The van der Waals surface area contributed by atoms with Crippen molar-refractivity contribution in [1.82, 2.24) is 20.1 Å². The van der Waals surface area contributed by atoms with Gasteiger partial charge in [0.15, 0.2) is 0 Å². The van der Waals surface area contributed by atoms with Gasteiger partial charge in [-0.25, -0.2) is 4.98 Å². The molecule has 5 rings (SSSR count). The van der Waals surface area contributed by atoms with Crippen LogP contribution in [0.2, 0.25) is 0 Å². The second-order valence-electron chi connectivity index (χ2n) is 9.57. The first kappa shape index (κ1) is 22.5. The fourth-order valence-electron chi connectivity index (χ4n) is 5.10. The molecule has 176 valence electrons. The molecule has 1 atom stereocenters. The van der Waals surface area contributed by atoms with Gasteiger partial charge in [0.2, 0.25) is 5.91 Å². The van der Waals surface area contributed by atoms with Gasteiger partial charge in [-0.2, -0.15) is 15.5 Å². The van der Waals surface area contributed by atoms with E-state index >= 15 is 0 Å². The number of carbonyl (C=O) groups excluding carboxylic acids is 1. The quantitative estimate of drug-likeness (QED) is 0.680. The van der Waals surface area contributed by atoms with Crippen molar-refractivity contribution in [3.63, 3.8) is 0 Å². The Labute approximate surface area is 199 Å². The number of carbonyl (C=O) groups is 1. The molecule has 34 heavy (non-hydrogen) atoms. The van der Waals surface area contributed by atoms with E-state index in [1.165, 1.54) is 0 Å². The van der Waals surface area contributed by atoms with Crippen LogP contribution >= 0.6 is 0 Å². The molecule has 2 aliphatic carbocycles. The summed E-state index contributed by atoms with van der Waals surface area (Å²) in [5, 5.41) is 28.0. The Morgan fingerprint density at radius 3 is 2.76 bits per heavy atom. The molecule has 3 heterocycles. The van der Waals surface area contributed by atoms with Crippen molar-refractivity contribution in [3.05, 3.63) is 41.2 Å². The van der Waals surface area contributed by atoms with E-state index in [4.69, 9.17) is 4.98 Å². The van der Waals surface area contributed by atoms with Gasteiger partial charge >= 0.3 is 0 Å². The predicted octanol–water partition coefficient (Wildman–Crippen LogP) is 3.05. The summed E-state index contributed by atoms with van der Waals surface area (Å²) in [6, 6.07) is 4.46. The van der Waals surface area contributed by atoms with Crippen LogP contribution in [0, 0.1) is 24.2 Å². The second kappa shape index (κ2) is 9.15. The molecule has 1 amide bonds. The number of pyridine rings is 1. The average molecular weight is 459 g/mol. The maximum Gasteiger partial charge on any atom is 0.225 e. The molecule has 0 aromatic carbocycles. The number of nitriles is 1. The van der Waals surface area contributed by atoms with E-state index in [-0.39, 0.29) is 25.0 Å². The zero-order valence-electron chi connectivity index (χ0n) is 19.6. The summed E-state index contributed by atoms with van der Waals surface area (Å²) in [7, 11) is 0. The van der Waals surface area contributed by atoms with Crippen LogP contribution in [-0.2, 0) is 4.79 Å². The summed E-state index contributed by atoms with van der Waals surface area (Å²) in [6.45, 7) is 7.56. The summed E-state index contributed by atoms with van der Waals surface area (Å²) >= 11 is 0. The van der Waals surface area contributed by atoms with Gasteiger partial charge in [-0.05, 0) is 55.7 Å². The first-order valence-electron chi connectivity index (χ1n) is 12.1. The van der Waals surface area contributed by atoms with E-state index in [1.807, 2.05) is 17.9 Å². The SMILES string of the molecule is C=Cc1cnnc(-c2c(C3CC3)nc(N3CCN(C(=O)CCO)C(C4CC4)C3)c(C#N)c2C)c1. The molecular formula is C26H30N6O2. The van der Waals surface area contributed by atoms with Crippen molar-refractivity contribution in [2.75, 3.05) is 31.1 Å². The molecule has 1 N–H and O–H groups in total. The first-order chi connectivity index (χ1) is 16.5. The molecule has 1 unspecified atom stereocenters. The first-order valence-corrected chi connectivity index (χ1v) is 12.1. The Morgan fingerprint density at radius 1 is 1.32 bits per heavy atom. The van der Waals surface area contributed by atoms with Gasteiger partial charge in [0.1, 0.15) is 11.9 Å². The number of nitrogens with zero attached hydrogens (tertiary/aromatic N) is 6. The minimum absolute atomic E-state index is 0.0124. The predicted molar refractivity (Wildman–Crippen MR) is 129 cm³/mol. The number of rotatable bonds is 7. The van der Waals surface area contributed by atoms with E-state index in [2.05, 4.69) is 27.7 Å². The van der Waals surface area contributed by atoms with E-state index < -0.39 is 0 Å². The van der Waals surface area contributed by atoms with E-state index in [1.54, 1.807) is 12.3 Å². The van der Waals surface area contributed by atoms with Crippen molar-refractivity contribution in [1.29, 1.82) is 5.26 Å². The van der Waals surface area contributed by atoms with Crippen LogP contribution in [0.15, 0.2) is 18.8 Å². The lowest BCUT2D eigenvalue weighted by atomic mass is 9.95. The number of aliphatic hydroxyl groups excluding tert-OH is 1. The van der Waals surface area contributed by atoms with Crippen molar-refractivity contribution >= 4 is 17.8 Å². The fourth-order valence-corrected chi connectivity index (χ4v) is 5.10. The normalized spacial score (nSPS) is 20.2. The highest BCUT2D eigenvalue weighted by atomic mass is 16.3. The van der Waals surface area contributed by atoms with E-state index in [0.717, 1.165) is 59.6 Å². The lowest BCUT2D eigenvalue weighted by Gasteiger charge is -2.43. The Bertz CT molecular complexity index is 1160. The number of aliphatic hydroxyl groups is 1. The number of piperazine rings is 1. The zero-order chi connectivity index (χ0) is 23.8. The standard InChI is InChI=1S/C26H30N6O2/c1-3-17-12-21(30-28-14-17)24-16(2)20(13-27)26(29-25(24)19-6-7-19)31-9-10-32(23(34)8-11-33)22(15-31)18-4-5-18/h3,12,14,18-19,22,33H,1,4-11,15H2,2H3. The van der Waals surface area contributed by atoms with E-state index in [0.29, 0.717) is 37.0 Å². The molecule has 3 fully saturated rings. The van der Waals surface area contributed by atoms with Crippen LogP contribution in [0.5, 0.6) is 0 Å². The van der Waals surface area contributed by atoms with Crippen LogP contribution in [0.25, 0.3) is 17.3 Å². The highest BCUT2D eigenvalue weighted by molar-refractivity contribution is 5.78. The van der Waals surface area contributed by atoms with Gasteiger partial charge < -0.3 is 14.9 Å². The zero-order valence-corrected chi connectivity index (χ0v) is 19.6. The number of anilines is 1. The average Bonchev–Trinajstić information content (AvgIpc) is 3.77. The van der Waals surface area contributed by atoms with Gasteiger partial charge in [0, 0.05) is 37.5 Å². The Morgan fingerprint density at radius 2 is 2.12 bits per heavy atom. The number of amides is 1. The van der Waals surface area contributed by atoms with Crippen molar-refractivity contribution in [3.8, 4) is 17.3 Å². The minimum Gasteiger partial charge on any atom is -0.396 e. The molecule has 2 aromatic heterocycles. The van der Waals surface area contributed by atoms with Gasteiger partial charge in [0.05, 0.1) is 35.8 Å². The van der Waals surface area contributed by atoms with Gasteiger partial charge in [0.25, 0.3) is 0 Å². The summed E-state index contributed by atoms with van der Waals surface area (Å²) in [4.78, 5) is 21.9. The molecule has 0 radical (unpaired) electrons. The molecule has 8 nitrogen and oxygen atoms in total. The molecule has 2 aromatic rings. The van der Waals surface area contributed by atoms with E-state index in [9.17, 15) is 15.2 Å². The van der Waals surface area contributed by atoms with Gasteiger partial charge in [-0.3, -0.25) is 4.79 Å². The molecule has 3 aliphatic rings. The van der Waals surface area contributed by atoms with Crippen molar-refractivity contribution < 1.29 is 9.90 Å². The maximum atomic E-state index is 12.6. The van der Waals surface area contributed by atoms with Crippen molar-refractivity contribution in [2.45, 2.75) is 51.0 Å².